The maximum Gasteiger partial charge on any atom is 0.169 e. The Balaban J connectivity index is 3.01. The molecule has 0 amide bonds. The molecule has 2 rings (SSSR count). The van der Waals surface area contributed by atoms with Crippen molar-refractivity contribution in [2.45, 2.75) is 172 Å². The highest BCUT2D eigenvalue weighted by atomic mass is 31.2. The molecule has 2 aromatic carbocycles. The minimum absolute atomic E-state index is 0.360. The molecule has 2 aromatic rings. The van der Waals surface area contributed by atoms with Crippen LogP contribution in [0.5, 0.6) is 0 Å². The average molecular weight is 711 g/mol. The average Bonchev–Trinajstić information content (AvgIpc) is 2.98. The molecule has 0 heterocycles. The third kappa shape index (κ3) is 12.9. The molecule has 0 saturated heterocycles. The van der Waals surface area contributed by atoms with Gasteiger partial charge in [-0.3, -0.25) is 0 Å². The summed E-state index contributed by atoms with van der Waals surface area (Å²) >= 11 is 0. The Morgan fingerprint density at radius 2 is 0.653 bits per heavy atom. The number of hydrogen-bond acceptors (Lipinski definition) is 6. The molecule has 0 aliphatic rings. The van der Waals surface area contributed by atoms with Gasteiger partial charge in [0.15, 0.2) is 16.7 Å². The molecule has 0 atom stereocenters. The summed E-state index contributed by atoms with van der Waals surface area (Å²) in [7, 11) is -1.98. The summed E-state index contributed by atoms with van der Waals surface area (Å²) < 4.78 is 22.0. The quantitative estimate of drug-likeness (QED) is 0.101. The van der Waals surface area contributed by atoms with E-state index in [9.17, 15) is 0 Å². The maximum atomic E-state index is 5.76. The lowest BCUT2D eigenvalue weighted by atomic mass is 9.78. The van der Waals surface area contributed by atoms with Crippen molar-refractivity contribution in [3.63, 3.8) is 0 Å². The van der Waals surface area contributed by atoms with Gasteiger partial charge in [0.2, 0.25) is 0 Å². The fraction of sp³-hybridized carbons (Fsp3) is 0.659. The molecule has 0 unspecified atom stereocenters. The number of nitrogens with zero attached hydrogens (tertiary/aromatic N) is 6. The minimum atomic E-state index is -0.992. The summed E-state index contributed by atoms with van der Waals surface area (Å²) in [4.78, 5) is 0. The summed E-state index contributed by atoms with van der Waals surface area (Å²) in [6.07, 6.45) is 6.30. The highest BCUT2D eigenvalue weighted by Crippen LogP contribution is 2.53. The van der Waals surface area contributed by atoms with Crippen molar-refractivity contribution in [3.05, 3.63) is 71.8 Å². The molecule has 0 bridgehead atoms. The van der Waals surface area contributed by atoms with Crippen molar-refractivity contribution in [2.75, 3.05) is 0 Å². The molecule has 0 spiro atoms. The zero-order chi connectivity index (χ0) is 37.1. The normalized spacial score (nSPS) is 13.8. The van der Waals surface area contributed by atoms with E-state index in [1.54, 1.807) is 0 Å². The van der Waals surface area contributed by atoms with Crippen molar-refractivity contribution < 1.29 is 0 Å². The Labute approximate surface area is 305 Å². The van der Waals surface area contributed by atoms with Crippen LogP contribution in [0, 0.1) is 5.41 Å². The van der Waals surface area contributed by atoms with Gasteiger partial charge in [-0.25, -0.2) is 28.2 Å². The standard InChI is InChI=1S/C41H72N6P2/c1-31(2)44(32(3)4)48(45(33(5)6)34(7)8)42-29-41(27-39-23-19-17-20-24-39,28-40-25-21-18-22-26-40)30-43-49(46(35(9)10)36(11)12)47(37(13)14)38(15)16/h17-26,29-38H,27-28H2,1-16H3/b42-29+,43-30+. The van der Waals surface area contributed by atoms with E-state index in [4.69, 9.17) is 9.53 Å². The van der Waals surface area contributed by atoms with Crippen molar-refractivity contribution in [2.24, 2.45) is 14.9 Å². The molecule has 8 heteroatoms. The van der Waals surface area contributed by atoms with Crippen molar-refractivity contribution in [1.82, 2.24) is 18.7 Å². The Morgan fingerprint density at radius 3 is 0.857 bits per heavy atom. The number of rotatable bonds is 20. The summed E-state index contributed by atoms with van der Waals surface area (Å²) in [6.45, 7) is 37.1. The number of benzene rings is 2. The Morgan fingerprint density at radius 1 is 0.429 bits per heavy atom. The van der Waals surface area contributed by atoms with E-state index < -0.39 is 22.2 Å². The van der Waals surface area contributed by atoms with Crippen LogP contribution in [0.3, 0.4) is 0 Å². The van der Waals surface area contributed by atoms with Gasteiger partial charge in [-0.15, -0.1) is 0 Å². The van der Waals surface area contributed by atoms with E-state index in [1.807, 2.05) is 0 Å². The van der Waals surface area contributed by atoms with Gasteiger partial charge in [0, 0.05) is 66.2 Å². The van der Waals surface area contributed by atoms with Crippen LogP contribution in [-0.2, 0) is 12.8 Å². The van der Waals surface area contributed by atoms with Crippen LogP contribution in [0.2, 0.25) is 0 Å². The van der Waals surface area contributed by atoms with E-state index in [1.165, 1.54) is 11.1 Å². The third-order valence-corrected chi connectivity index (χ3v) is 14.6. The lowest BCUT2D eigenvalue weighted by Crippen LogP contribution is -2.43. The highest BCUT2D eigenvalue weighted by molar-refractivity contribution is 7.51. The van der Waals surface area contributed by atoms with Gasteiger partial charge < -0.3 is 0 Å². The summed E-state index contributed by atoms with van der Waals surface area (Å²) in [5.74, 6) is 0. The molecule has 0 aromatic heterocycles. The zero-order valence-corrected chi connectivity index (χ0v) is 35.8. The first-order valence-corrected chi connectivity index (χ1v) is 21.2. The van der Waals surface area contributed by atoms with Gasteiger partial charge in [0.1, 0.15) is 0 Å². The van der Waals surface area contributed by atoms with Crippen molar-refractivity contribution in [1.29, 1.82) is 0 Å². The topological polar surface area (TPSA) is 37.7 Å². The van der Waals surface area contributed by atoms with E-state index >= 15 is 0 Å². The van der Waals surface area contributed by atoms with Gasteiger partial charge in [-0.05, 0) is 135 Å². The largest absolute Gasteiger partial charge is 0.246 e. The third-order valence-electron chi connectivity index (χ3n) is 8.65. The lowest BCUT2D eigenvalue weighted by Gasteiger charge is -2.45. The first kappa shape index (κ1) is 43.6. The van der Waals surface area contributed by atoms with Crippen molar-refractivity contribution in [3.8, 4) is 0 Å². The Bertz CT molecular complexity index is 1070. The van der Waals surface area contributed by atoms with E-state index in [0.717, 1.165) is 12.8 Å². The zero-order valence-electron chi connectivity index (χ0n) is 34.0. The molecule has 6 nitrogen and oxygen atoms in total. The fourth-order valence-electron chi connectivity index (χ4n) is 7.08. The Hall–Kier alpha value is -1.52. The van der Waals surface area contributed by atoms with Crippen LogP contribution in [0.1, 0.15) is 122 Å². The van der Waals surface area contributed by atoms with Crippen LogP contribution in [-0.4, -0.2) is 79.4 Å². The van der Waals surface area contributed by atoms with E-state index in [-0.39, 0.29) is 0 Å². The monoisotopic (exact) mass is 711 g/mol. The second-order valence-electron chi connectivity index (χ2n) is 15.9. The minimum Gasteiger partial charge on any atom is -0.246 e. The molecule has 0 aliphatic carbocycles. The van der Waals surface area contributed by atoms with Gasteiger partial charge >= 0.3 is 0 Å². The van der Waals surface area contributed by atoms with E-state index in [0.29, 0.717) is 48.3 Å². The van der Waals surface area contributed by atoms with Gasteiger partial charge in [0.25, 0.3) is 0 Å². The molecule has 0 N–H and O–H groups in total. The van der Waals surface area contributed by atoms with Gasteiger partial charge in [0.05, 0.1) is 0 Å². The molecule has 49 heavy (non-hydrogen) atoms. The maximum absolute atomic E-state index is 5.76. The molecular weight excluding hydrogens is 638 g/mol. The Kier molecular flexibility index (Phi) is 18.3. The lowest BCUT2D eigenvalue weighted by molar-refractivity contribution is 0.256. The second-order valence-corrected chi connectivity index (χ2v) is 19.2. The first-order chi connectivity index (χ1) is 22.9. The fourth-order valence-corrected chi connectivity index (χ4v) is 12.0. The molecule has 276 valence electrons. The molecule has 0 saturated carbocycles. The summed E-state index contributed by atoms with van der Waals surface area (Å²) in [5.41, 5.74) is 2.16. The van der Waals surface area contributed by atoms with Gasteiger partial charge in [-0.2, -0.15) is 0 Å². The first-order valence-electron chi connectivity index (χ1n) is 18.8. The summed E-state index contributed by atoms with van der Waals surface area (Å²) in [6, 6.07) is 24.8. The van der Waals surface area contributed by atoms with Crippen LogP contribution in [0.25, 0.3) is 0 Å². The number of hydrogen-bond donors (Lipinski definition) is 0. The molecule has 0 radical (unpaired) electrons. The second kappa shape index (κ2) is 20.5. The predicted molar refractivity (Wildman–Crippen MR) is 222 cm³/mol. The SMILES string of the molecule is CC(C)N(C(C)C)P(/N=C/C(/C=N/P(N(C(C)C)C(C)C)N(C(C)C)C(C)C)(Cc1ccccc1)Cc1ccccc1)N(C(C)C)C(C)C. The summed E-state index contributed by atoms with van der Waals surface area (Å²) in [5, 5.41) is 0. The molecular formula is C41H72N6P2. The predicted octanol–water partition coefficient (Wildman–Crippen LogP) is 11.5. The van der Waals surface area contributed by atoms with Crippen LogP contribution in [0.4, 0.5) is 0 Å². The van der Waals surface area contributed by atoms with Crippen molar-refractivity contribution >= 4 is 29.2 Å². The van der Waals surface area contributed by atoms with Crippen LogP contribution >= 0.6 is 16.7 Å². The van der Waals surface area contributed by atoms with E-state index in [2.05, 4.69) is 203 Å². The smallest absolute Gasteiger partial charge is 0.169 e. The van der Waals surface area contributed by atoms with Gasteiger partial charge in [-0.1, -0.05) is 60.7 Å². The van der Waals surface area contributed by atoms with Crippen LogP contribution in [0.15, 0.2) is 70.2 Å². The molecule has 0 fully saturated rings. The van der Waals surface area contributed by atoms with Crippen LogP contribution < -0.4 is 0 Å². The highest BCUT2D eigenvalue weighted by Gasteiger charge is 2.37. The molecule has 0 aliphatic heterocycles.